The molecule has 0 aliphatic carbocycles. The predicted molar refractivity (Wildman–Crippen MR) is 129 cm³/mol. The molecule has 2 saturated heterocycles. The fraction of sp³-hybridized carbons (Fsp3) is 0.615. The fourth-order valence-electron chi connectivity index (χ4n) is 4.45. The van der Waals surface area contributed by atoms with Gasteiger partial charge in [0, 0.05) is 24.4 Å². The van der Waals surface area contributed by atoms with Crippen molar-refractivity contribution in [2.24, 2.45) is 16.8 Å². The van der Waals surface area contributed by atoms with Gasteiger partial charge in [-0.05, 0) is 74.3 Å². The summed E-state index contributed by atoms with van der Waals surface area (Å²) in [6.07, 6.45) is 6.61. The number of nitrogens with one attached hydrogen (secondary N) is 1. The molecule has 0 atom stereocenters. The van der Waals surface area contributed by atoms with Gasteiger partial charge in [0.2, 0.25) is 0 Å². The van der Waals surface area contributed by atoms with E-state index in [0.717, 1.165) is 61.3 Å². The molecule has 1 N–H and O–H groups in total. The highest BCUT2D eigenvalue weighted by Crippen LogP contribution is 2.25. The molecule has 0 unspecified atom stereocenters. The van der Waals surface area contributed by atoms with Crippen LogP contribution in [0.4, 0.5) is 0 Å². The summed E-state index contributed by atoms with van der Waals surface area (Å²) in [6, 6.07) is 6.64. The first-order chi connectivity index (χ1) is 16.0. The first-order valence-corrected chi connectivity index (χ1v) is 12.3. The van der Waals surface area contributed by atoms with Crippen LogP contribution < -0.4 is 10.1 Å². The lowest BCUT2D eigenvalue weighted by Crippen LogP contribution is -2.48. The van der Waals surface area contributed by atoms with Crippen molar-refractivity contribution in [3.63, 3.8) is 0 Å². The number of piperidine rings is 1. The third-order valence-electron chi connectivity index (χ3n) is 6.65. The van der Waals surface area contributed by atoms with E-state index in [2.05, 4.69) is 30.1 Å². The molecular formula is C26H37N3O4. The number of amides is 1. The molecule has 7 nitrogen and oxygen atoms in total. The Bertz CT molecular complexity index is 884. The van der Waals surface area contributed by atoms with Crippen LogP contribution in [0.25, 0.3) is 0 Å². The maximum absolute atomic E-state index is 12.4. The van der Waals surface area contributed by atoms with Crippen LogP contribution in [0.5, 0.6) is 5.75 Å². The number of hydrogen-bond donors (Lipinski definition) is 1. The highest BCUT2D eigenvalue weighted by molar-refractivity contribution is 5.96. The second kappa shape index (κ2) is 11.1. The minimum absolute atomic E-state index is 0.0419. The molecule has 2 fully saturated rings. The van der Waals surface area contributed by atoms with E-state index in [9.17, 15) is 4.79 Å². The maximum atomic E-state index is 12.4. The van der Waals surface area contributed by atoms with E-state index >= 15 is 0 Å². The Labute approximate surface area is 197 Å². The first kappa shape index (κ1) is 23.6. The monoisotopic (exact) mass is 455 g/mol. The number of carbonyl (C=O) groups is 1. The summed E-state index contributed by atoms with van der Waals surface area (Å²) in [6.45, 7) is 10.8. The summed E-state index contributed by atoms with van der Waals surface area (Å²) in [4.78, 5) is 19.4. The number of aryl methyl sites for hydroxylation is 1. The van der Waals surface area contributed by atoms with Crippen molar-refractivity contribution in [2.45, 2.75) is 52.5 Å². The zero-order valence-electron chi connectivity index (χ0n) is 20.1. The lowest BCUT2D eigenvalue weighted by molar-refractivity contribution is -0.00347. The van der Waals surface area contributed by atoms with Crippen LogP contribution in [0.3, 0.4) is 0 Å². The lowest BCUT2D eigenvalue weighted by atomic mass is 9.92. The number of allylic oxidation sites excluding steroid dienone is 1. The highest BCUT2D eigenvalue weighted by Gasteiger charge is 2.24. The summed E-state index contributed by atoms with van der Waals surface area (Å²) in [5, 5.41) is 2.99. The number of benzene rings is 1. The highest BCUT2D eigenvalue weighted by atomic mass is 16.5. The number of nitrogens with zero attached hydrogens (tertiary/aromatic N) is 2. The van der Waals surface area contributed by atoms with Gasteiger partial charge in [-0.25, -0.2) is 4.99 Å². The second-order valence-electron chi connectivity index (χ2n) is 9.59. The van der Waals surface area contributed by atoms with E-state index in [1.54, 1.807) is 0 Å². The van der Waals surface area contributed by atoms with E-state index in [0.29, 0.717) is 37.9 Å². The Kier molecular flexibility index (Phi) is 7.91. The molecule has 4 rings (SSSR count). The van der Waals surface area contributed by atoms with E-state index in [4.69, 9.17) is 19.2 Å². The van der Waals surface area contributed by atoms with Crippen molar-refractivity contribution < 1.29 is 19.0 Å². The standard InChI is InChI=1S/C26H37N3O4/c1-18(2)24-10-14-33-26(28-24)29-11-8-20(9-12-29)5-4-13-32-22-6-7-23(19(3)15-22)25(30)27-21-16-31-17-21/h6-7,10,15,18,20-21H,4-5,8-9,11-14,16-17H2,1-3H3,(H,27,30). The van der Waals surface area contributed by atoms with Crippen LogP contribution >= 0.6 is 0 Å². The Hall–Kier alpha value is -2.54. The molecule has 0 aromatic heterocycles. The number of rotatable bonds is 8. The maximum Gasteiger partial charge on any atom is 0.292 e. The Morgan fingerprint density at radius 1 is 1.27 bits per heavy atom. The number of carbonyl (C=O) groups excluding carboxylic acids is 1. The summed E-state index contributed by atoms with van der Waals surface area (Å²) >= 11 is 0. The predicted octanol–water partition coefficient (Wildman–Crippen LogP) is 3.92. The minimum atomic E-state index is -0.0419. The molecule has 180 valence electrons. The molecule has 1 amide bonds. The van der Waals surface area contributed by atoms with Gasteiger partial charge in [0.1, 0.15) is 12.4 Å². The van der Waals surface area contributed by atoms with E-state index in [-0.39, 0.29) is 11.9 Å². The molecule has 1 aromatic carbocycles. The van der Waals surface area contributed by atoms with E-state index in [1.807, 2.05) is 25.1 Å². The molecule has 1 aromatic rings. The van der Waals surface area contributed by atoms with Gasteiger partial charge in [0.05, 0.1) is 25.9 Å². The van der Waals surface area contributed by atoms with Gasteiger partial charge in [-0.15, -0.1) is 0 Å². The topological polar surface area (TPSA) is 72.4 Å². The van der Waals surface area contributed by atoms with Crippen molar-refractivity contribution >= 4 is 11.9 Å². The average Bonchev–Trinajstić information content (AvgIpc) is 2.79. The van der Waals surface area contributed by atoms with Gasteiger partial charge in [-0.1, -0.05) is 13.8 Å². The molecule has 0 bridgehead atoms. The van der Waals surface area contributed by atoms with E-state index < -0.39 is 0 Å². The smallest absolute Gasteiger partial charge is 0.292 e. The number of hydrogen-bond acceptors (Lipinski definition) is 6. The van der Waals surface area contributed by atoms with Crippen molar-refractivity contribution in [3.8, 4) is 5.75 Å². The molecule has 0 spiro atoms. The Morgan fingerprint density at radius 2 is 2.06 bits per heavy atom. The van der Waals surface area contributed by atoms with Crippen molar-refractivity contribution in [1.29, 1.82) is 0 Å². The van der Waals surface area contributed by atoms with Gasteiger partial charge in [-0.2, -0.15) is 0 Å². The van der Waals surface area contributed by atoms with Gasteiger partial charge < -0.3 is 24.4 Å². The van der Waals surface area contributed by atoms with Gasteiger partial charge in [0.15, 0.2) is 0 Å². The van der Waals surface area contributed by atoms with Crippen LogP contribution in [-0.2, 0) is 9.47 Å². The molecule has 0 radical (unpaired) electrons. The van der Waals surface area contributed by atoms with Crippen LogP contribution in [-0.4, -0.2) is 62.4 Å². The van der Waals surface area contributed by atoms with Crippen LogP contribution in [0.2, 0.25) is 0 Å². The zero-order valence-corrected chi connectivity index (χ0v) is 20.1. The summed E-state index contributed by atoms with van der Waals surface area (Å²) in [5.74, 6) is 1.94. The summed E-state index contributed by atoms with van der Waals surface area (Å²) < 4.78 is 16.9. The molecule has 7 heteroatoms. The van der Waals surface area contributed by atoms with Crippen LogP contribution in [0, 0.1) is 18.8 Å². The first-order valence-electron chi connectivity index (χ1n) is 12.3. The number of aliphatic imine (C=N–C) groups is 1. The Balaban J connectivity index is 1.15. The van der Waals surface area contributed by atoms with Gasteiger partial charge in [-0.3, -0.25) is 4.79 Å². The SMILES string of the molecule is Cc1cc(OCCCC2CCN(C3=NC(C(C)C)=CCO3)CC2)ccc1C(=O)NC1COC1. The molecule has 3 aliphatic rings. The molecule has 3 heterocycles. The number of likely N-dealkylation sites (tertiary alicyclic amines) is 1. The molecule has 3 aliphatic heterocycles. The molecule has 0 saturated carbocycles. The lowest BCUT2D eigenvalue weighted by Gasteiger charge is -2.34. The molecule has 33 heavy (non-hydrogen) atoms. The third kappa shape index (κ3) is 6.28. The van der Waals surface area contributed by atoms with Crippen LogP contribution in [0.15, 0.2) is 35.0 Å². The van der Waals surface area contributed by atoms with E-state index in [1.165, 1.54) is 6.42 Å². The largest absolute Gasteiger partial charge is 0.494 e. The van der Waals surface area contributed by atoms with Crippen molar-refractivity contribution in [3.05, 3.63) is 41.1 Å². The van der Waals surface area contributed by atoms with Crippen molar-refractivity contribution in [1.82, 2.24) is 10.2 Å². The summed E-state index contributed by atoms with van der Waals surface area (Å²) in [7, 11) is 0. The Morgan fingerprint density at radius 3 is 2.73 bits per heavy atom. The van der Waals surface area contributed by atoms with Crippen molar-refractivity contribution in [2.75, 3.05) is 39.5 Å². The average molecular weight is 456 g/mol. The zero-order chi connectivity index (χ0) is 23.2. The fourth-order valence-corrected chi connectivity index (χ4v) is 4.45. The third-order valence-corrected chi connectivity index (χ3v) is 6.65. The van der Waals surface area contributed by atoms with Gasteiger partial charge >= 0.3 is 0 Å². The summed E-state index contributed by atoms with van der Waals surface area (Å²) in [5.41, 5.74) is 2.76. The normalized spacial score (nSPS) is 19.5. The number of ether oxygens (including phenoxy) is 3. The second-order valence-corrected chi connectivity index (χ2v) is 9.59. The minimum Gasteiger partial charge on any atom is -0.494 e. The molecular weight excluding hydrogens is 418 g/mol. The number of amidine groups is 1. The van der Waals surface area contributed by atoms with Crippen LogP contribution in [0.1, 0.15) is 55.5 Å². The van der Waals surface area contributed by atoms with Gasteiger partial charge in [0.25, 0.3) is 11.9 Å². The quantitative estimate of drug-likeness (QED) is 0.602.